The molecule has 0 radical (unpaired) electrons. The molecule has 100 valence electrons. The van der Waals surface area contributed by atoms with Gasteiger partial charge in [0.1, 0.15) is 0 Å². The number of benzene rings is 2. The molecule has 1 nitrogen and oxygen atoms in total. The molecular formula is C15H15F2NS. The molecule has 0 aliphatic carbocycles. The van der Waals surface area contributed by atoms with Crippen molar-refractivity contribution in [1.29, 1.82) is 0 Å². The number of anilines is 1. The van der Waals surface area contributed by atoms with Crippen LogP contribution in [-0.2, 0) is 5.92 Å². The summed E-state index contributed by atoms with van der Waals surface area (Å²) in [4.78, 5) is 1.11. The van der Waals surface area contributed by atoms with Crippen LogP contribution in [-0.4, -0.2) is 12.8 Å². The second-order valence-electron chi connectivity index (χ2n) is 4.15. The Balaban J connectivity index is 2.01. The summed E-state index contributed by atoms with van der Waals surface area (Å²) >= 11 is 1.62. The predicted octanol–water partition coefficient (Wildman–Crippen LogP) is 4.61. The SMILES string of the molecule is CSc1ccc(NCC(F)(F)c2ccccc2)cc1. The highest BCUT2D eigenvalue weighted by Gasteiger charge is 2.30. The molecule has 0 aromatic heterocycles. The van der Waals surface area contributed by atoms with Gasteiger partial charge in [0.05, 0.1) is 6.54 Å². The normalized spacial score (nSPS) is 11.3. The van der Waals surface area contributed by atoms with Gasteiger partial charge in [0.15, 0.2) is 0 Å². The molecule has 0 spiro atoms. The zero-order valence-electron chi connectivity index (χ0n) is 10.6. The highest BCUT2D eigenvalue weighted by molar-refractivity contribution is 7.98. The third kappa shape index (κ3) is 3.70. The van der Waals surface area contributed by atoms with Crippen molar-refractivity contribution < 1.29 is 8.78 Å². The lowest BCUT2D eigenvalue weighted by atomic mass is 10.1. The van der Waals surface area contributed by atoms with Crippen LogP contribution in [0.1, 0.15) is 5.56 Å². The van der Waals surface area contributed by atoms with E-state index in [4.69, 9.17) is 0 Å². The van der Waals surface area contributed by atoms with Gasteiger partial charge in [-0.3, -0.25) is 0 Å². The van der Waals surface area contributed by atoms with Crippen molar-refractivity contribution in [3.8, 4) is 0 Å². The molecule has 2 aromatic carbocycles. The third-order valence-corrected chi connectivity index (χ3v) is 3.54. The van der Waals surface area contributed by atoms with Gasteiger partial charge < -0.3 is 5.32 Å². The lowest BCUT2D eigenvalue weighted by Crippen LogP contribution is -2.24. The van der Waals surface area contributed by atoms with Crippen molar-refractivity contribution in [2.24, 2.45) is 0 Å². The Morgan fingerprint density at radius 2 is 1.63 bits per heavy atom. The maximum atomic E-state index is 13.9. The minimum absolute atomic E-state index is 0.0308. The summed E-state index contributed by atoms with van der Waals surface area (Å²) in [7, 11) is 0. The van der Waals surface area contributed by atoms with Crippen molar-refractivity contribution in [2.45, 2.75) is 10.8 Å². The quantitative estimate of drug-likeness (QED) is 0.802. The van der Waals surface area contributed by atoms with E-state index in [1.807, 2.05) is 30.5 Å². The molecule has 19 heavy (non-hydrogen) atoms. The van der Waals surface area contributed by atoms with Gasteiger partial charge in [-0.15, -0.1) is 11.8 Å². The summed E-state index contributed by atoms with van der Waals surface area (Å²) in [6.45, 7) is -0.407. The fraction of sp³-hybridized carbons (Fsp3) is 0.200. The highest BCUT2D eigenvalue weighted by Crippen LogP contribution is 2.28. The number of hydrogen-bond donors (Lipinski definition) is 1. The van der Waals surface area contributed by atoms with Crippen LogP contribution in [0.4, 0.5) is 14.5 Å². The Kier molecular flexibility index (Phi) is 4.43. The van der Waals surface area contributed by atoms with Crippen molar-refractivity contribution >= 4 is 17.4 Å². The zero-order valence-corrected chi connectivity index (χ0v) is 11.4. The van der Waals surface area contributed by atoms with Crippen LogP contribution in [0, 0.1) is 0 Å². The van der Waals surface area contributed by atoms with Crippen molar-refractivity contribution in [2.75, 3.05) is 18.1 Å². The zero-order chi connectivity index (χ0) is 13.7. The smallest absolute Gasteiger partial charge is 0.290 e. The summed E-state index contributed by atoms with van der Waals surface area (Å²) < 4.78 is 27.8. The Labute approximate surface area is 116 Å². The van der Waals surface area contributed by atoms with Gasteiger partial charge >= 0.3 is 0 Å². The lowest BCUT2D eigenvalue weighted by molar-refractivity contribution is 0.0106. The van der Waals surface area contributed by atoms with Crippen molar-refractivity contribution in [1.82, 2.24) is 0 Å². The third-order valence-electron chi connectivity index (χ3n) is 2.80. The first-order chi connectivity index (χ1) is 9.12. The fourth-order valence-corrected chi connectivity index (χ4v) is 2.11. The maximum Gasteiger partial charge on any atom is 0.290 e. The Morgan fingerprint density at radius 3 is 2.21 bits per heavy atom. The number of halogens is 2. The van der Waals surface area contributed by atoms with E-state index in [0.29, 0.717) is 5.69 Å². The molecule has 0 heterocycles. The summed E-state index contributed by atoms with van der Waals surface area (Å²) in [5, 5.41) is 2.78. The number of nitrogens with one attached hydrogen (secondary N) is 1. The maximum absolute atomic E-state index is 13.9. The summed E-state index contributed by atoms with van der Waals surface area (Å²) in [5.41, 5.74) is 0.733. The van der Waals surface area contributed by atoms with Crippen LogP contribution in [0.2, 0.25) is 0 Å². The minimum atomic E-state index is -2.88. The summed E-state index contributed by atoms with van der Waals surface area (Å²) in [6, 6.07) is 15.3. The van der Waals surface area contributed by atoms with Crippen molar-refractivity contribution in [3.05, 3.63) is 60.2 Å². The second-order valence-corrected chi connectivity index (χ2v) is 5.03. The number of thioether (sulfide) groups is 1. The standard InChI is InChI=1S/C15H15F2NS/c1-19-14-9-7-13(8-10-14)18-11-15(16,17)12-5-3-2-4-6-12/h2-10,18H,11H2,1H3. The average Bonchev–Trinajstić information content (AvgIpc) is 2.47. The van der Waals surface area contributed by atoms with Crippen LogP contribution >= 0.6 is 11.8 Å². The highest BCUT2D eigenvalue weighted by atomic mass is 32.2. The van der Waals surface area contributed by atoms with E-state index in [-0.39, 0.29) is 5.56 Å². The Hall–Kier alpha value is -1.55. The summed E-state index contributed by atoms with van der Waals surface area (Å²) in [6.07, 6.45) is 1.98. The average molecular weight is 279 g/mol. The lowest BCUT2D eigenvalue weighted by Gasteiger charge is -2.18. The molecular weight excluding hydrogens is 264 g/mol. The van der Waals surface area contributed by atoms with Crippen LogP contribution in [0.5, 0.6) is 0 Å². The topological polar surface area (TPSA) is 12.0 Å². The molecule has 2 rings (SSSR count). The molecule has 0 fully saturated rings. The van der Waals surface area contributed by atoms with Crippen LogP contribution in [0.15, 0.2) is 59.5 Å². The molecule has 0 atom stereocenters. The van der Waals surface area contributed by atoms with E-state index in [0.717, 1.165) is 4.90 Å². The van der Waals surface area contributed by atoms with Gasteiger partial charge in [-0.1, -0.05) is 30.3 Å². The van der Waals surface area contributed by atoms with Crippen molar-refractivity contribution in [3.63, 3.8) is 0 Å². The molecule has 0 saturated heterocycles. The van der Waals surface area contributed by atoms with Gasteiger partial charge in [0.2, 0.25) is 0 Å². The van der Waals surface area contributed by atoms with Crippen LogP contribution in [0.25, 0.3) is 0 Å². The second kappa shape index (κ2) is 6.06. The first-order valence-corrected chi connectivity index (χ1v) is 7.15. The minimum Gasteiger partial charge on any atom is -0.379 e. The molecule has 0 bridgehead atoms. The molecule has 0 aliphatic heterocycles. The molecule has 0 unspecified atom stereocenters. The first kappa shape index (κ1) is 13.9. The van der Waals surface area contributed by atoms with E-state index in [1.54, 1.807) is 30.0 Å². The largest absolute Gasteiger partial charge is 0.379 e. The molecule has 2 aromatic rings. The van der Waals surface area contributed by atoms with Gasteiger partial charge in [0, 0.05) is 16.1 Å². The van der Waals surface area contributed by atoms with Crippen LogP contribution in [0.3, 0.4) is 0 Å². The number of alkyl halides is 2. The molecule has 0 saturated carbocycles. The predicted molar refractivity (Wildman–Crippen MR) is 77.0 cm³/mol. The van der Waals surface area contributed by atoms with E-state index < -0.39 is 12.5 Å². The molecule has 0 amide bonds. The monoisotopic (exact) mass is 279 g/mol. The van der Waals surface area contributed by atoms with Gasteiger partial charge in [-0.2, -0.15) is 8.78 Å². The number of rotatable bonds is 5. The number of hydrogen-bond acceptors (Lipinski definition) is 2. The summed E-state index contributed by atoms with van der Waals surface area (Å²) in [5.74, 6) is -2.88. The Morgan fingerprint density at radius 1 is 1.00 bits per heavy atom. The van der Waals surface area contributed by atoms with E-state index in [9.17, 15) is 8.78 Å². The molecule has 4 heteroatoms. The van der Waals surface area contributed by atoms with Gasteiger partial charge in [0.25, 0.3) is 5.92 Å². The van der Waals surface area contributed by atoms with E-state index in [2.05, 4.69) is 5.32 Å². The van der Waals surface area contributed by atoms with E-state index >= 15 is 0 Å². The molecule has 0 aliphatic rings. The van der Waals surface area contributed by atoms with Gasteiger partial charge in [-0.05, 0) is 30.5 Å². The van der Waals surface area contributed by atoms with Gasteiger partial charge in [-0.25, -0.2) is 0 Å². The van der Waals surface area contributed by atoms with E-state index in [1.165, 1.54) is 12.1 Å². The fourth-order valence-electron chi connectivity index (χ4n) is 1.71. The Bertz CT molecular complexity index is 511. The van der Waals surface area contributed by atoms with Crippen LogP contribution < -0.4 is 5.32 Å². The first-order valence-electron chi connectivity index (χ1n) is 5.93. The molecule has 1 N–H and O–H groups in total.